The molecular weight excluding hydrogens is 384 g/mol. The van der Waals surface area contributed by atoms with Crippen molar-refractivity contribution in [2.75, 3.05) is 16.8 Å². The number of hydrogen-bond acceptors (Lipinski definition) is 2. The lowest BCUT2D eigenvalue weighted by Crippen LogP contribution is -2.38. The third kappa shape index (κ3) is 4.38. The first-order valence-corrected chi connectivity index (χ1v) is 10.7. The Balaban J connectivity index is 1.63. The number of nitrogens with one attached hydrogen (secondary N) is 1. The molecule has 3 aromatic rings. The van der Waals surface area contributed by atoms with E-state index < -0.39 is 11.3 Å². The van der Waals surface area contributed by atoms with Crippen LogP contribution in [-0.4, -0.2) is 18.4 Å². The molecular formula is C27H28N2O2. The van der Waals surface area contributed by atoms with Gasteiger partial charge in [0.15, 0.2) is 0 Å². The number of benzene rings is 3. The monoisotopic (exact) mass is 412 g/mol. The molecule has 0 spiro atoms. The molecule has 1 aliphatic heterocycles. The summed E-state index contributed by atoms with van der Waals surface area (Å²) in [5.74, 6) is -0.409. The summed E-state index contributed by atoms with van der Waals surface area (Å²) < 4.78 is 0. The van der Waals surface area contributed by atoms with Gasteiger partial charge in [0, 0.05) is 23.3 Å². The zero-order chi connectivity index (χ0) is 22.0. The van der Waals surface area contributed by atoms with Gasteiger partial charge in [-0.1, -0.05) is 87.5 Å². The maximum absolute atomic E-state index is 13.4. The molecule has 0 saturated carbocycles. The third-order valence-electron chi connectivity index (χ3n) is 5.66. The Morgan fingerprint density at radius 2 is 1.45 bits per heavy atom. The predicted octanol–water partition coefficient (Wildman–Crippen LogP) is 5.39. The Morgan fingerprint density at radius 1 is 0.871 bits per heavy atom. The van der Waals surface area contributed by atoms with Crippen molar-refractivity contribution >= 4 is 23.2 Å². The average molecular weight is 413 g/mol. The molecule has 0 atom stereocenters. The quantitative estimate of drug-likeness (QED) is 0.624. The van der Waals surface area contributed by atoms with Crippen molar-refractivity contribution in [1.82, 2.24) is 0 Å². The fourth-order valence-corrected chi connectivity index (χ4v) is 4.07. The molecule has 2 amide bonds. The Bertz CT molecular complexity index is 1050. The Kier molecular flexibility index (Phi) is 5.64. The van der Waals surface area contributed by atoms with Crippen molar-refractivity contribution < 1.29 is 9.59 Å². The maximum Gasteiger partial charge on any atom is 0.236 e. The highest BCUT2D eigenvalue weighted by molar-refractivity contribution is 6.01. The second-order valence-corrected chi connectivity index (χ2v) is 9.04. The van der Waals surface area contributed by atoms with Crippen molar-refractivity contribution in [3.05, 3.63) is 95.6 Å². The van der Waals surface area contributed by atoms with E-state index in [-0.39, 0.29) is 11.8 Å². The van der Waals surface area contributed by atoms with E-state index in [0.717, 1.165) is 28.8 Å². The second kappa shape index (κ2) is 8.38. The molecule has 1 aliphatic rings. The normalized spacial score (nSPS) is 13.2. The molecule has 0 aliphatic carbocycles. The van der Waals surface area contributed by atoms with Crippen LogP contribution in [0.4, 0.5) is 11.4 Å². The van der Waals surface area contributed by atoms with E-state index in [1.54, 1.807) is 0 Å². The highest BCUT2D eigenvalue weighted by Gasteiger charge is 2.32. The molecule has 0 radical (unpaired) electrons. The van der Waals surface area contributed by atoms with Gasteiger partial charge in [0.05, 0.1) is 5.92 Å². The van der Waals surface area contributed by atoms with Crippen molar-refractivity contribution in [1.29, 1.82) is 0 Å². The van der Waals surface area contributed by atoms with Gasteiger partial charge in [-0.05, 0) is 35.2 Å². The van der Waals surface area contributed by atoms with Crippen molar-refractivity contribution in [3.8, 4) is 0 Å². The first kappa shape index (κ1) is 20.9. The average Bonchev–Trinajstić information content (AvgIpc) is 3.17. The first-order valence-electron chi connectivity index (χ1n) is 10.7. The van der Waals surface area contributed by atoms with Crippen LogP contribution in [0.3, 0.4) is 0 Å². The lowest BCUT2D eigenvalue weighted by Gasteiger charge is -2.26. The van der Waals surface area contributed by atoms with Crippen molar-refractivity contribution in [2.24, 2.45) is 5.41 Å². The molecule has 1 heterocycles. The molecule has 0 bridgehead atoms. The molecule has 4 nitrogen and oxygen atoms in total. The third-order valence-corrected chi connectivity index (χ3v) is 5.66. The topological polar surface area (TPSA) is 49.4 Å². The van der Waals surface area contributed by atoms with E-state index in [2.05, 4.69) is 5.32 Å². The fraction of sp³-hybridized carbons (Fsp3) is 0.259. The lowest BCUT2D eigenvalue weighted by atomic mass is 9.90. The number of anilines is 2. The van der Waals surface area contributed by atoms with Crippen LogP contribution in [0.25, 0.3) is 0 Å². The smallest absolute Gasteiger partial charge is 0.236 e. The number of hydrogen-bond donors (Lipinski definition) is 1. The number of rotatable bonds is 4. The minimum atomic E-state index is -0.452. The van der Waals surface area contributed by atoms with Gasteiger partial charge in [0.1, 0.15) is 0 Å². The Morgan fingerprint density at radius 3 is 2.00 bits per heavy atom. The second-order valence-electron chi connectivity index (χ2n) is 9.04. The summed E-state index contributed by atoms with van der Waals surface area (Å²) in [6.45, 7) is 6.48. The standard InChI is InChI=1S/C27H28N2O2/c1-27(2,3)26(31)29-17-16-19-14-15-22(18-23(19)29)28-25(30)24(20-10-6-4-7-11-20)21-12-8-5-9-13-21/h4-15,18,24H,16-17H2,1-3H3,(H,28,30). The minimum absolute atomic E-state index is 0.0935. The highest BCUT2D eigenvalue weighted by Crippen LogP contribution is 2.35. The molecule has 31 heavy (non-hydrogen) atoms. The van der Waals surface area contributed by atoms with Gasteiger partial charge in [-0.2, -0.15) is 0 Å². The summed E-state index contributed by atoms with van der Waals surface area (Å²) in [4.78, 5) is 28.1. The molecule has 4 rings (SSSR count). The summed E-state index contributed by atoms with van der Waals surface area (Å²) in [5, 5.41) is 3.09. The molecule has 3 aromatic carbocycles. The predicted molar refractivity (Wildman–Crippen MR) is 125 cm³/mol. The highest BCUT2D eigenvalue weighted by atomic mass is 16.2. The van der Waals surface area contributed by atoms with Crippen LogP contribution in [0.5, 0.6) is 0 Å². The summed E-state index contributed by atoms with van der Waals surface area (Å²) in [5.41, 5.74) is 4.17. The molecule has 0 saturated heterocycles. The van der Waals surface area contributed by atoms with Gasteiger partial charge in [-0.15, -0.1) is 0 Å². The van der Waals surface area contributed by atoms with Crippen LogP contribution in [-0.2, 0) is 16.0 Å². The van der Waals surface area contributed by atoms with E-state index in [9.17, 15) is 9.59 Å². The van der Waals surface area contributed by atoms with E-state index in [1.807, 2.05) is 105 Å². The largest absolute Gasteiger partial charge is 0.325 e. The van der Waals surface area contributed by atoms with Gasteiger partial charge in [0.2, 0.25) is 11.8 Å². The zero-order valence-electron chi connectivity index (χ0n) is 18.3. The summed E-state index contributed by atoms with van der Waals surface area (Å²) in [6.07, 6.45) is 0.835. The number of carbonyl (C=O) groups is 2. The van der Waals surface area contributed by atoms with Crippen LogP contribution < -0.4 is 10.2 Å². The molecule has 1 N–H and O–H groups in total. The van der Waals surface area contributed by atoms with Gasteiger partial charge < -0.3 is 10.2 Å². The fourth-order valence-electron chi connectivity index (χ4n) is 4.07. The van der Waals surface area contributed by atoms with E-state index in [1.165, 1.54) is 0 Å². The SMILES string of the molecule is CC(C)(C)C(=O)N1CCc2ccc(NC(=O)C(c3ccccc3)c3ccccc3)cc21. The van der Waals surface area contributed by atoms with Crippen LogP contribution >= 0.6 is 0 Å². The molecule has 0 fully saturated rings. The number of amides is 2. The van der Waals surface area contributed by atoms with E-state index in [4.69, 9.17) is 0 Å². The van der Waals surface area contributed by atoms with E-state index in [0.29, 0.717) is 12.2 Å². The molecule has 158 valence electrons. The van der Waals surface area contributed by atoms with E-state index >= 15 is 0 Å². The van der Waals surface area contributed by atoms with Gasteiger partial charge in [-0.25, -0.2) is 0 Å². The number of carbonyl (C=O) groups excluding carboxylic acids is 2. The van der Waals surface area contributed by atoms with Crippen LogP contribution in [0.1, 0.15) is 43.4 Å². The molecule has 0 unspecified atom stereocenters. The summed E-state index contributed by atoms with van der Waals surface area (Å²) in [6, 6.07) is 25.5. The zero-order valence-corrected chi connectivity index (χ0v) is 18.3. The van der Waals surface area contributed by atoms with Crippen LogP contribution in [0.15, 0.2) is 78.9 Å². The van der Waals surface area contributed by atoms with Gasteiger partial charge in [0.25, 0.3) is 0 Å². The van der Waals surface area contributed by atoms with Crippen LogP contribution in [0.2, 0.25) is 0 Å². The molecule has 0 aromatic heterocycles. The number of fused-ring (bicyclic) bond motifs is 1. The Hall–Kier alpha value is -3.40. The summed E-state index contributed by atoms with van der Waals surface area (Å²) in [7, 11) is 0. The van der Waals surface area contributed by atoms with Crippen LogP contribution in [0, 0.1) is 5.41 Å². The van der Waals surface area contributed by atoms with Crippen molar-refractivity contribution in [3.63, 3.8) is 0 Å². The van der Waals surface area contributed by atoms with Gasteiger partial charge in [-0.3, -0.25) is 9.59 Å². The maximum atomic E-state index is 13.4. The van der Waals surface area contributed by atoms with Crippen molar-refractivity contribution in [2.45, 2.75) is 33.1 Å². The summed E-state index contributed by atoms with van der Waals surface area (Å²) >= 11 is 0. The lowest BCUT2D eigenvalue weighted by molar-refractivity contribution is -0.125. The number of nitrogens with zero attached hydrogens (tertiary/aromatic N) is 1. The minimum Gasteiger partial charge on any atom is -0.325 e. The van der Waals surface area contributed by atoms with Gasteiger partial charge >= 0.3 is 0 Å². The first-order chi connectivity index (χ1) is 14.8. The Labute approximate surface area is 183 Å². The molecule has 4 heteroatoms.